The molecule has 1 fully saturated rings. The van der Waals surface area contributed by atoms with Crippen LogP contribution in [0.3, 0.4) is 0 Å². The van der Waals surface area contributed by atoms with Crippen molar-refractivity contribution >= 4 is 17.7 Å². The molecule has 1 amide bonds. The van der Waals surface area contributed by atoms with Crippen LogP contribution in [0.5, 0.6) is 0 Å². The summed E-state index contributed by atoms with van der Waals surface area (Å²) in [6.45, 7) is 6.67. The van der Waals surface area contributed by atoms with Gasteiger partial charge in [0.15, 0.2) is 0 Å². The number of nitrogen functional groups attached to an aromatic ring is 1. The van der Waals surface area contributed by atoms with Crippen LogP contribution in [0.25, 0.3) is 0 Å². The maximum Gasteiger partial charge on any atom is 0.222 e. The summed E-state index contributed by atoms with van der Waals surface area (Å²) in [5, 5.41) is 0. The number of likely N-dealkylation sites (tertiary alicyclic amines) is 1. The Morgan fingerprint density at radius 1 is 1.43 bits per heavy atom. The number of hydrogen-bond donors (Lipinski definition) is 1. The molecule has 1 saturated heterocycles. The number of carbonyl (C=O) groups is 1. The lowest BCUT2D eigenvalue weighted by atomic mass is 10.1. The van der Waals surface area contributed by atoms with Crippen LogP contribution >= 0.6 is 0 Å². The number of rotatable bonds is 6. The molecule has 2 heterocycles. The van der Waals surface area contributed by atoms with E-state index in [1.807, 2.05) is 22.9 Å². The number of aromatic nitrogens is 2. The van der Waals surface area contributed by atoms with Crippen molar-refractivity contribution in [3.05, 3.63) is 11.8 Å². The molecular weight excluding hydrogens is 266 g/mol. The highest BCUT2D eigenvalue weighted by Crippen LogP contribution is 2.16. The van der Waals surface area contributed by atoms with Crippen molar-refractivity contribution in [2.45, 2.75) is 33.1 Å². The second kappa shape index (κ2) is 6.74. The van der Waals surface area contributed by atoms with Gasteiger partial charge in [0.05, 0.1) is 0 Å². The molecule has 1 aliphatic heterocycles. The number of carbonyl (C=O) groups excluding carboxylic acids is 1. The van der Waals surface area contributed by atoms with Gasteiger partial charge >= 0.3 is 0 Å². The molecule has 1 aliphatic rings. The highest BCUT2D eigenvalue weighted by molar-refractivity contribution is 5.78. The van der Waals surface area contributed by atoms with Gasteiger partial charge in [-0.05, 0) is 18.8 Å². The molecule has 0 saturated carbocycles. The van der Waals surface area contributed by atoms with E-state index in [1.54, 1.807) is 0 Å². The minimum Gasteiger partial charge on any atom is -0.368 e. The van der Waals surface area contributed by atoms with E-state index in [-0.39, 0.29) is 5.91 Å². The van der Waals surface area contributed by atoms with Crippen molar-refractivity contribution in [3.8, 4) is 0 Å². The molecule has 2 rings (SSSR count). The van der Waals surface area contributed by atoms with Gasteiger partial charge in [-0.15, -0.1) is 0 Å². The van der Waals surface area contributed by atoms with Gasteiger partial charge < -0.3 is 15.5 Å². The highest BCUT2D eigenvalue weighted by atomic mass is 16.2. The highest BCUT2D eigenvalue weighted by Gasteiger charge is 2.20. The van der Waals surface area contributed by atoms with E-state index in [9.17, 15) is 4.79 Å². The van der Waals surface area contributed by atoms with Crippen molar-refractivity contribution in [1.29, 1.82) is 0 Å². The van der Waals surface area contributed by atoms with Crippen LogP contribution < -0.4 is 10.6 Å². The van der Waals surface area contributed by atoms with Gasteiger partial charge in [-0.3, -0.25) is 4.79 Å². The predicted octanol–water partition coefficient (Wildman–Crippen LogP) is 1.32. The van der Waals surface area contributed by atoms with E-state index in [2.05, 4.69) is 23.8 Å². The molecule has 0 unspecified atom stereocenters. The molecule has 116 valence electrons. The van der Waals surface area contributed by atoms with Gasteiger partial charge in [0.2, 0.25) is 11.9 Å². The maximum absolute atomic E-state index is 11.6. The van der Waals surface area contributed by atoms with E-state index < -0.39 is 0 Å². The number of nitrogens with two attached hydrogens (primary N) is 1. The Labute approximate surface area is 126 Å². The molecule has 2 N–H and O–H groups in total. The van der Waals surface area contributed by atoms with Crippen LogP contribution in [0.2, 0.25) is 0 Å². The fraction of sp³-hybridized carbons (Fsp3) is 0.667. The lowest BCUT2D eigenvalue weighted by Crippen LogP contribution is -2.34. The van der Waals surface area contributed by atoms with Gasteiger partial charge in [-0.25, -0.2) is 4.98 Å². The van der Waals surface area contributed by atoms with Crippen molar-refractivity contribution in [2.75, 3.05) is 37.3 Å². The van der Waals surface area contributed by atoms with Gasteiger partial charge in [0.1, 0.15) is 5.82 Å². The second-order valence-electron chi connectivity index (χ2n) is 6.08. The molecule has 21 heavy (non-hydrogen) atoms. The second-order valence-corrected chi connectivity index (χ2v) is 6.08. The molecule has 0 radical (unpaired) electrons. The molecule has 0 aliphatic carbocycles. The van der Waals surface area contributed by atoms with Crippen molar-refractivity contribution in [1.82, 2.24) is 14.9 Å². The van der Waals surface area contributed by atoms with Gasteiger partial charge in [0.25, 0.3) is 0 Å². The number of amides is 1. The summed E-state index contributed by atoms with van der Waals surface area (Å²) in [7, 11) is 1.97. The first-order valence-corrected chi connectivity index (χ1v) is 7.58. The van der Waals surface area contributed by atoms with Crippen LogP contribution in [-0.2, 0) is 11.2 Å². The molecule has 6 heteroatoms. The van der Waals surface area contributed by atoms with Crippen LogP contribution in [0.15, 0.2) is 6.07 Å². The van der Waals surface area contributed by atoms with Gasteiger partial charge in [-0.2, -0.15) is 4.98 Å². The standard InChI is InChI=1S/C15H25N5O/c1-11(2)9-12-10-13(18-15(16)17-12)19(3)7-8-20-6-4-5-14(20)21/h10-11H,4-9H2,1-3H3,(H2,16,17,18). The summed E-state index contributed by atoms with van der Waals surface area (Å²) < 4.78 is 0. The average Bonchev–Trinajstić information content (AvgIpc) is 2.80. The zero-order valence-electron chi connectivity index (χ0n) is 13.2. The molecule has 0 aromatic carbocycles. The Morgan fingerprint density at radius 3 is 2.81 bits per heavy atom. The van der Waals surface area contributed by atoms with Crippen LogP contribution in [0, 0.1) is 5.92 Å². The predicted molar refractivity (Wildman–Crippen MR) is 84.1 cm³/mol. The first-order chi connectivity index (χ1) is 9.95. The third-order valence-corrected chi connectivity index (χ3v) is 3.67. The molecule has 0 bridgehead atoms. The summed E-state index contributed by atoms with van der Waals surface area (Å²) in [5.74, 6) is 1.92. The van der Waals surface area contributed by atoms with Crippen LogP contribution in [0.4, 0.5) is 11.8 Å². The normalized spacial score (nSPS) is 15.0. The molecule has 0 spiro atoms. The van der Waals surface area contributed by atoms with Gasteiger partial charge in [0, 0.05) is 44.9 Å². The van der Waals surface area contributed by atoms with Crippen molar-refractivity contribution in [3.63, 3.8) is 0 Å². The minimum atomic E-state index is 0.256. The Balaban J connectivity index is 1.99. The van der Waals surface area contributed by atoms with E-state index >= 15 is 0 Å². The summed E-state index contributed by atoms with van der Waals surface area (Å²) >= 11 is 0. The summed E-state index contributed by atoms with van der Waals surface area (Å²) in [5.41, 5.74) is 6.77. The maximum atomic E-state index is 11.6. The quantitative estimate of drug-likeness (QED) is 0.855. The third-order valence-electron chi connectivity index (χ3n) is 3.67. The SMILES string of the molecule is CC(C)Cc1cc(N(C)CCN2CCCC2=O)nc(N)n1. The largest absolute Gasteiger partial charge is 0.368 e. The monoisotopic (exact) mass is 291 g/mol. The Kier molecular flexibility index (Phi) is 4.98. The van der Waals surface area contributed by atoms with Crippen LogP contribution in [-0.4, -0.2) is 47.5 Å². The molecule has 6 nitrogen and oxygen atoms in total. The van der Waals surface area contributed by atoms with Crippen LogP contribution in [0.1, 0.15) is 32.4 Å². The summed E-state index contributed by atoms with van der Waals surface area (Å²) in [6, 6.07) is 1.99. The number of anilines is 2. The zero-order chi connectivity index (χ0) is 15.4. The van der Waals surface area contributed by atoms with E-state index in [4.69, 9.17) is 5.73 Å². The topological polar surface area (TPSA) is 75.3 Å². The van der Waals surface area contributed by atoms with E-state index in [1.165, 1.54) is 0 Å². The molecular formula is C15H25N5O. The number of likely N-dealkylation sites (N-methyl/N-ethyl adjacent to an activating group) is 1. The van der Waals surface area contributed by atoms with Crippen molar-refractivity contribution in [2.24, 2.45) is 5.92 Å². The number of nitrogens with zero attached hydrogens (tertiary/aromatic N) is 4. The van der Waals surface area contributed by atoms with E-state index in [0.29, 0.717) is 18.3 Å². The first-order valence-electron chi connectivity index (χ1n) is 7.58. The Morgan fingerprint density at radius 2 is 2.19 bits per heavy atom. The van der Waals surface area contributed by atoms with E-state index in [0.717, 1.165) is 44.0 Å². The van der Waals surface area contributed by atoms with Crippen molar-refractivity contribution < 1.29 is 4.79 Å². The zero-order valence-corrected chi connectivity index (χ0v) is 13.2. The summed E-state index contributed by atoms with van der Waals surface area (Å²) in [6.07, 6.45) is 2.54. The lowest BCUT2D eigenvalue weighted by molar-refractivity contribution is -0.127. The smallest absolute Gasteiger partial charge is 0.222 e. The fourth-order valence-corrected chi connectivity index (χ4v) is 2.55. The molecule has 1 aromatic rings. The Bertz CT molecular complexity index is 503. The Hall–Kier alpha value is -1.85. The molecule has 1 aromatic heterocycles. The fourth-order valence-electron chi connectivity index (χ4n) is 2.55. The summed E-state index contributed by atoms with van der Waals surface area (Å²) in [4.78, 5) is 24.1. The first kappa shape index (κ1) is 15.5. The third kappa shape index (κ3) is 4.31. The lowest BCUT2D eigenvalue weighted by Gasteiger charge is -2.23. The average molecular weight is 291 g/mol. The minimum absolute atomic E-state index is 0.256. The molecule has 0 atom stereocenters. The van der Waals surface area contributed by atoms with Gasteiger partial charge in [-0.1, -0.05) is 13.8 Å². The number of hydrogen-bond acceptors (Lipinski definition) is 5.